The van der Waals surface area contributed by atoms with E-state index in [1.165, 1.54) is 116 Å². The summed E-state index contributed by atoms with van der Waals surface area (Å²) < 4.78 is 25.3. The number of nitrogens with one attached hydrogen (secondary N) is 4. The van der Waals surface area contributed by atoms with E-state index < -0.39 is 0 Å². The molecule has 4 amide bonds. The number of carbonyl (C=O) groups is 2. The Bertz CT molecular complexity index is 1870. The van der Waals surface area contributed by atoms with Gasteiger partial charge in [-0.15, -0.1) is 22.7 Å². The maximum absolute atomic E-state index is 12.4. The molecule has 4 aromatic rings. The average molecular weight is 943 g/mol. The van der Waals surface area contributed by atoms with Gasteiger partial charge in [-0.25, -0.2) is 9.59 Å². The molecule has 0 unspecified atom stereocenters. The molecule has 2 aromatic carbocycles. The zero-order valence-electron chi connectivity index (χ0n) is 40.1. The van der Waals surface area contributed by atoms with E-state index in [1.54, 1.807) is 22.7 Å². The zero-order chi connectivity index (χ0) is 46.0. The van der Waals surface area contributed by atoms with Gasteiger partial charge in [0, 0.05) is 26.2 Å². The molecule has 0 fully saturated rings. The summed E-state index contributed by atoms with van der Waals surface area (Å²) in [4.78, 5) is 28.8. The van der Waals surface area contributed by atoms with E-state index >= 15 is 0 Å². The second-order valence-corrected chi connectivity index (χ2v) is 19.9. The minimum absolute atomic E-state index is 0.0948. The molecule has 10 nitrogen and oxygen atoms in total. The van der Waals surface area contributed by atoms with Crippen molar-refractivity contribution in [3.63, 3.8) is 0 Å². The summed E-state index contributed by atoms with van der Waals surface area (Å²) in [7, 11) is 0. The number of ether oxygens (including phenoxy) is 4. The number of benzene rings is 2. The van der Waals surface area contributed by atoms with Crippen LogP contribution in [0.5, 0.6) is 23.0 Å². The van der Waals surface area contributed by atoms with E-state index in [0.29, 0.717) is 39.5 Å². The third kappa shape index (κ3) is 16.4. The van der Waals surface area contributed by atoms with Crippen molar-refractivity contribution in [3.05, 3.63) is 59.7 Å². The molecular weight excluding hydrogens is 865 g/mol. The third-order valence-electron chi connectivity index (χ3n) is 12.5. The zero-order valence-corrected chi connectivity index (χ0v) is 41.7. The first-order chi connectivity index (χ1) is 32.6. The van der Waals surface area contributed by atoms with Crippen molar-refractivity contribution in [1.29, 1.82) is 0 Å². The van der Waals surface area contributed by atoms with E-state index in [4.69, 9.17) is 18.9 Å². The standard InChI is InChI=1S/C54H78N4O6S2/c1-3-5-7-9-11-13-15-17-19-21-33-55-53(59)57-35-31-41-23-27-43(28-24-41)49-45-47(63-39-37-61-45)51(65-49)52-48-46(62-38-40-64-48)50(66-52)44-29-25-42(26-30-44)32-36-58-54(60)56-34-22-20-18-16-14-12-10-8-6-4-2/h23-30H,3-22,31-40H2,1-2H3,(H2,55,57,59)(H2,56,58,60). The SMILES string of the molecule is CCCCCCCCCCCCNC(=O)NCCc1ccc(-c2sc(-c3sc(-c4ccc(CCNC(=O)NCCCCCCCCCCCC)cc4)c4c3OCCO4)c3c2OCCO3)cc1. The maximum atomic E-state index is 12.4. The molecule has 0 bridgehead atoms. The molecule has 4 N–H and O–H groups in total. The molecule has 0 radical (unpaired) electrons. The summed E-state index contributed by atoms with van der Waals surface area (Å²) in [5, 5.41) is 12.1. The number of fused-ring (bicyclic) bond motifs is 2. The summed E-state index contributed by atoms with van der Waals surface area (Å²) in [5.74, 6) is 3.03. The minimum atomic E-state index is -0.0948. The molecule has 2 aromatic heterocycles. The summed E-state index contributed by atoms with van der Waals surface area (Å²) in [6, 6.07) is 16.9. The van der Waals surface area contributed by atoms with Crippen LogP contribution in [0.1, 0.15) is 153 Å². The fourth-order valence-electron chi connectivity index (χ4n) is 8.62. The molecule has 6 rings (SSSR count). The topological polar surface area (TPSA) is 119 Å². The van der Waals surface area contributed by atoms with Crippen LogP contribution in [0.3, 0.4) is 0 Å². The Morgan fingerprint density at radius 1 is 0.394 bits per heavy atom. The van der Waals surface area contributed by atoms with Crippen LogP contribution in [0.25, 0.3) is 30.6 Å². The highest BCUT2D eigenvalue weighted by Gasteiger charge is 2.33. The van der Waals surface area contributed by atoms with E-state index in [1.807, 2.05) is 0 Å². The van der Waals surface area contributed by atoms with Crippen LogP contribution in [-0.4, -0.2) is 64.7 Å². The summed E-state index contributed by atoms with van der Waals surface area (Å²) in [5.41, 5.74) is 4.42. The van der Waals surface area contributed by atoms with Crippen LogP contribution >= 0.6 is 22.7 Å². The summed E-state index contributed by atoms with van der Waals surface area (Å²) in [6.45, 7) is 9.04. The maximum Gasteiger partial charge on any atom is 0.314 e. The minimum Gasteiger partial charge on any atom is -0.485 e. The van der Waals surface area contributed by atoms with Crippen molar-refractivity contribution in [2.75, 3.05) is 52.6 Å². The highest BCUT2D eigenvalue weighted by molar-refractivity contribution is 7.26. The van der Waals surface area contributed by atoms with Crippen LogP contribution in [0, 0.1) is 0 Å². The number of rotatable bonds is 31. The Balaban J connectivity index is 0.962. The van der Waals surface area contributed by atoms with Crippen LogP contribution in [-0.2, 0) is 12.8 Å². The predicted molar refractivity (Wildman–Crippen MR) is 274 cm³/mol. The molecule has 0 aliphatic carbocycles. The van der Waals surface area contributed by atoms with Gasteiger partial charge in [-0.1, -0.05) is 178 Å². The lowest BCUT2D eigenvalue weighted by molar-refractivity contribution is 0.172. The van der Waals surface area contributed by atoms with Crippen molar-refractivity contribution in [2.45, 2.75) is 155 Å². The number of thiophene rings is 2. The van der Waals surface area contributed by atoms with Crippen molar-refractivity contribution in [1.82, 2.24) is 21.3 Å². The molecule has 0 saturated heterocycles. The number of hydrogen-bond donors (Lipinski definition) is 4. The molecule has 0 atom stereocenters. The molecule has 362 valence electrons. The van der Waals surface area contributed by atoms with Gasteiger partial charge >= 0.3 is 12.1 Å². The van der Waals surface area contributed by atoms with E-state index in [-0.39, 0.29) is 12.1 Å². The van der Waals surface area contributed by atoms with Crippen molar-refractivity contribution >= 4 is 34.7 Å². The van der Waals surface area contributed by atoms with Crippen LogP contribution in [0.2, 0.25) is 0 Å². The monoisotopic (exact) mass is 943 g/mol. The van der Waals surface area contributed by atoms with Crippen LogP contribution in [0.4, 0.5) is 9.59 Å². The molecule has 2 aliphatic heterocycles. The van der Waals surface area contributed by atoms with E-state index in [0.717, 1.165) is 104 Å². The lowest BCUT2D eigenvalue weighted by atomic mass is 10.1. The first-order valence-electron chi connectivity index (χ1n) is 25.6. The Morgan fingerprint density at radius 3 is 1.02 bits per heavy atom. The molecule has 12 heteroatoms. The first kappa shape index (κ1) is 51.0. The van der Waals surface area contributed by atoms with Gasteiger partial charge in [0.2, 0.25) is 0 Å². The van der Waals surface area contributed by atoms with Gasteiger partial charge in [0.15, 0.2) is 23.0 Å². The lowest BCUT2D eigenvalue weighted by Gasteiger charge is -2.19. The molecule has 4 heterocycles. The van der Waals surface area contributed by atoms with E-state index in [9.17, 15) is 9.59 Å². The van der Waals surface area contributed by atoms with Gasteiger partial charge in [-0.05, 0) is 47.9 Å². The largest absolute Gasteiger partial charge is 0.485 e. The fourth-order valence-corrected chi connectivity index (χ4v) is 11.1. The van der Waals surface area contributed by atoms with Crippen molar-refractivity contribution < 1.29 is 28.5 Å². The molecule has 0 spiro atoms. The van der Waals surface area contributed by atoms with Gasteiger partial charge in [-0.3, -0.25) is 0 Å². The highest BCUT2D eigenvalue weighted by atomic mass is 32.1. The van der Waals surface area contributed by atoms with Gasteiger partial charge in [0.1, 0.15) is 26.4 Å². The molecule has 66 heavy (non-hydrogen) atoms. The summed E-state index contributed by atoms with van der Waals surface area (Å²) in [6.07, 6.45) is 27.2. The number of carbonyl (C=O) groups excluding carboxylic acids is 2. The number of hydrogen-bond acceptors (Lipinski definition) is 8. The normalized spacial score (nSPS) is 12.8. The number of amides is 4. The Labute approximate surface area is 403 Å². The van der Waals surface area contributed by atoms with Gasteiger partial charge < -0.3 is 40.2 Å². The molecular formula is C54H78N4O6S2. The van der Waals surface area contributed by atoms with Gasteiger partial charge in [-0.2, -0.15) is 0 Å². The van der Waals surface area contributed by atoms with Crippen molar-refractivity contribution in [3.8, 4) is 53.6 Å². The average Bonchev–Trinajstić information content (AvgIpc) is 3.92. The Hall–Kier alpha value is -4.42. The fraction of sp³-hybridized carbons (Fsp3) is 0.593. The second kappa shape index (κ2) is 29.4. The van der Waals surface area contributed by atoms with Crippen LogP contribution in [0.15, 0.2) is 48.5 Å². The van der Waals surface area contributed by atoms with Gasteiger partial charge in [0.25, 0.3) is 0 Å². The number of urea groups is 2. The number of unbranched alkanes of at least 4 members (excludes halogenated alkanes) is 18. The Kier molecular flexibility index (Phi) is 22.7. The van der Waals surface area contributed by atoms with Gasteiger partial charge in [0.05, 0.1) is 19.5 Å². The predicted octanol–water partition coefficient (Wildman–Crippen LogP) is 13.9. The highest BCUT2D eigenvalue weighted by Crippen LogP contribution is 2.61. The summed E-state index contributed by atoms with van der Waals surface area (Å²) >= 11 is 3.31. The van der Waals surface area contributed by atoms with E-state index in [2.05, 4.69) is 83.6 Å². The quantitative estimate of drug-likeness (QED) is 0.0373. The van der Waals surface area contributed by atoms with Crippen molar-refractivity contribution in [2.24, 2.45) is 0 Å². The Morgan fingerprint density at radius 2 is 0.682 bits per heavy atom. The van der Waals surface area contributed by atoms with Crippen LogP contribution < -0.4 is 40.2 Å². The molecule has 0 saturated carbocycles. The second-order valence-electron chi connectivity index (χ2n) is 17.9. The lowest BCUT2D eigenvalue weighted by Crippen LogP contribution is -2.37. The first-order valence-corrected chi connectivity index (χ1v) is 27.3. The third-order valence-corrected chi connectivity index (χ3v) is 15.0. The molecule has 2 aliphatic rings. The smallest absolute Gasteiger partial charge is 0.314 e.